The number of rotatable bonds is 3. The first-order chi connectivity index (χ1) is 9.24. The Morgan fingerprint density at radius 3 is 2.74 bits per heavy atom. The van der Waals surface area contributed by atoms with Crippen molar-refractivity contribution in [1.82, 2.24) is 0 Å². The predicted octanol–water partition coefficient (Wildman–Crippen LogP) is 3.53. The molecule has 2 N–H and O–H groups in total. The molecule has 0 radical (unpaired) electrons. The van der Waals surface area contributed by atoms with Crippen molar-refractivity contribution < 1.29 is 4.79 Å². The molecule has 1 saturated carbocycles. The van der Waals surface area contributed by atoms with E-state index in [0.29, 0.717) is 18.2 Å². The summed E-state index contributed by atoms with van der Waals surface area (Å²) in [6.45, 7) is 0. The molecule has 0 atom stereocenters. The maximum atomic E-state index is 12.4. The normalized spacial score (nSPS) is 23.6. The van der Waals surface area contributed by atoms with E-state index in [1.165, 1.54) is 15.6 Å². The number of thiophene rings is 1. The van der Waals surface area contributed by atoms with Crippen LogP contribution in [-0.4, -0.2) is 11.8 Å². The summed E-state index contributed by atoms with van der Waals surface area (Å²) in [4.78, 5) is 12.4. The molecule has 2 aromatic rings. The first kappa shape index (κ1) is 12.8. The van der Waals surface area contributed by atoms with Crippen molar-refractivity contribution in [3.05, 3.63) is 35.2 Å². The lowest BCUT2D eigenvalue weighted by Crippen LogP contribution is -2.30. The maximum Gasteiger partial charge on any atom is 0.140 e. The number of nitrogens with two attached hydrogens (primary N) is 1. The Balaban J connectivity index is 1.72. The first-order valence-electron chi connectivity index (χ1n) is 6.97. The van der Waals surface area contributed by atoms with Gasteiger partial charge in [-0.25, -0.2) is 0 Å². The number of Topliss-reactive ketones (excluding diaryl/α,β-unsaturated/α-hetero) is 1. The predicted molar refractivity (Wildman–Crippen MR) is 80.5 cm³/mol. The fourth-order valence-corrected chi connectivity index (χ4v) is 3.91. The summed E-state index contributed by atoms with van der Waals surface area (Å²) in [5, 5.41) is 3.38. The number of carbonyl (C=O) groups excluding carboxylic acids is 1. The van der Waals surface area contributed by atoms with Crippen molar-refractivity contribution in [1.29, 1.82) is 0 Å². The highest BCUT2D eigenvalue weighted by molar-refractivity contribution is 7.17. The van der Waals surface area contributed by atoms with Crippen LogP contribution in [0.5, 0.6) is 0 Å². The molecule has 1 fully saturated rings. The lowest BCUT2D eigenvalue weighted by molar-refractivity contribution is -0.123. The van der Waals surface area contributed by atoms with E-state index in [9.17, 15) is 4.79 Å². The summed E-state index contributed by atoms with van der Waals surface area (Å²) in [6.07, 6.45) is 4.54. The second kappa shape index (κ2) is 5.43. The molecular weight excluding hydrogens is 254 g/mol. The standard InChI is InChI=1S/C16H19NOS/c17-13-7-5-11(6-8-13)15(18)9-12-10-19-16-4-2-1-3-14(12)16/h1-4,10-11,13H,5-9,17H2. The Morgan fingerprint density at radius 2 is 1.95 bits per heavy atom. The highest BCUT2D eigenvalue weighted by Gasteiger charge is 2.24. The highest BCUT2D eigenvalue weighted by Crippen LogP contribution is 2.29. The number of hydrogen-bond acceptors (Lipinski definition) is 3. The van der Waals surface area contributed by atoms with Crippen LogP contribution >= 0.6 is 11.3 Å². The van der Waals surface area contributed by atoms with E-state index in [-0.39, 0.29) is 5.92 Å². The summed E-state index contributed by atoms with van der Waals surface area (Å²) < 4.78 is 1.27. The maximum absolute atomic E-state index is 12.4. The van der Waals surface area contributed by atoms with E-state index >= 15 is 0 Å². The molecule has 0 unspecified atom stereocenters. The lowest BCUT2D eigenvalue weighted by atomic mass is 9.82. The second-order valence-electron chi connectivity index (χ2n) is 5.51. The molecule has 19 heavy (non-hydrogen) atoms. The van der Waals surface area contributed by atoms with Crippen LogP contribution in [0.15, 0.2) is 29.6 Å². The SMILES string of the molecule is NC1CCC(C(=O)Cc2csc3ccccc23)CC1. The van der Waals surface area contributed by atoms with Gasteiger partial charge >= 0.3 is 0 Å². The van der Waals surface area contributed by atoms with Crippen molar-refractivity contribution in [2.75, 3.05) is 0 Å². The molecule has 3 heteroatoms. The van der Waals surface area contributed by atoms with Gasteiger partial charge in [0.15, 0.2) is 0 Å². The summed E-state index contributed by atoms with van der Waals surface area (Å²) in [5.74, 6) is 0.633. The molecule has 0 bridgehead atoms. The van der Waals surface area contributed by atoms with Gasteiger partial charge in [0.25, 0.3) is 0 Å². The summed E-state index contributed by atoms with van der Waals surface area (Å²) in [7, 11) is 0. The molecule has 3 rings (SSSR count). The van der Waals surface area contributed by atoms with E-state index < -0.39 is 0 Å². The zero-order valence-corrected chi connectivity index (χ0v) is 11.8. The van der Waals surface area contributed by atoms with Crippen molar-refractivity contribution >= 4 is 27.2 Å². The Morgan fingerprint density at radius 1 is 1.21 bits per heavy atom. The number of fused-ring (bicyclic) bond motifs is 1. The molecule has 2 nitrogen and oxygen atoms in total. The minimum Gasteiger partial charge on any atom is -0.328 e. The molecule has 0 amide bonds. The van der Waals surface area contributed by atoms with Crippen LogP contribution < -0.4 is 5.73 Å². The molecule has 1 aromatic heterocycles. The summed E-state index contributed by atoms with van der Waals surface area (Å²) >= 11 is 1.73. The Kier molecular flexibility index (Phi) is 3.67. The quantitative estimate of drug-likeness (QED) is 0.929. The van der Waals surface area contributed by atoms with Crippen LogP contribution in [0.25, 0.3) is 10.1 Å². The minimum atomic E-state index is 0.235. The second-order valence-corrected chi connectivity index (χ2v) is 6.42. The number of hydrogen-bond donors (Lipinski definition) is 1. The number of carbonyl (C=O) groups is 1. The fourth-order valence-electron chi connectivity index (χ4n) is 2.94. The van der Waals surface area contributed by atoms with E-state index in [4.69, 9.17) is 5.73 Å². The first-order valence-corrected chi connectivity index (χ1v) is 7.85. The molecule has 1 aliphatic carbocycles. The van der Waals surface area contributed by atoms with Crippen LogP contribution in [0.4, 0.5) is 0 Å². The van der Waals surface area contributed by atoms with Crippen molar-refractivity contribution in [2.45, 2.75) is 38.1 Å². The third kappa shape index (κ3) is 2.72. The van der Waals surface area contributed by atoms with Crippen LogP contribution in [0.3, 0.4) is 0 Å². The van der Waals surface area contributed by atoms with Gasteiger partial charge in [-0.15, -0.1) is 11.3 Å². The summed E-state index contributed by atoms with van der Waals surface area (Å²) in [5.41, 5.74) is 7.09. The van der Waals surface area contributed by atoms with Gasteiger partial charge < -0.3 is 5.73 Å². The van der Waals surface area contributed by atoms with Gasteiger partial charge in [0, 0.05) is 23.1 Å². The molecule has 0 saturated heterocycles. The Hall–Kier alpha value is -1.19. The monoisotopic (exact) mass is 273 g/mol. The average molecular weight is 273 g/mol. The van der Waals surface area contributed by atoms with Gasteiger partial charge in [-0.1, -0.05) is 18.2 Å². The zero-order chi connectivity index (χ0) is 13.2. The van der Waals surface area contributed by atoms with Gasteiger partial charge in [0.1, 0.15) is 5.78 Å². The molecular formula is C16H19NOS. The Bertz CT molecular complexity index is 581. The van der Waals surface area contributed by atoms with E-state index in [1.807, 2.05) is 12.1 Å². The molecule has 1 aromatic carbocycles. The smallest absolute Gasteiger partial charge is 0.140 e. The van der Waals surface area contributed by atoms with E-state index in [0.717, 1.165) is 25.7 Å². The van der Waals surface area contributed by atoms with Gasteiger partial charge in [-0.05, 0) is 48.1 Å². The highest BCUT2D eigenvalue weighted by atomic mass is 32.1. The Labute approximate surface area is 117 Å². The molecule has 1 aliphatic rings. The molecule has 100 valence electrons. The number of benzene rings is 1. The van der Waals surface area contributed by atoms with Crippen molar-refractivity contribution in [3.8, 4) is 0 Å². The van der Waals surface area contributed by atoms with Crippen LogP contribution in [0, 0.1) is 5.92 Å². The lowest BCUT2D eigenvalue weighted by Gasteiger charge is -2.24. The minimum absolute atomic E-state index is 0.235. The topological polar surface area (TPSA) is 43.1 Å². The average Bonchev–Trinajstić information content (AvgIpc) is 2.83. The molecule has 1 heterocycles. The van der Waals surface area contributed by atoms with Gasteiger partial charge in [-0.2, -0.15) is 0 Å². The van der Waals surface area contributed by atoms with Crippen molar-refractivity contribution in [2.24, 2.45) is 11.7 Å². The fraction of sp³-hybridized carbons (Fsp3) is 0.438. The third-order valence-corrected chi connectivity index (χ3v) is 5.17. The van der Waals surface area contributed by atoms with Crippen molar-refractivity contribution in [3.63, 3.8) is 0 Å². The zero-order valence-electron chi connectivity index (χ0n) is 11.0. The molecule has 0 spiro atoms. The van der Waals surface area contributed by atoms with E-state index in [2.05, 4.69) is 17.5 Å². The summed E-state index contributed by atoms with van der Waals surface area (Å²) in [6, 6.07) is 8.64. The third-order valence-electron chi connectivity index (χ3n) is 4.15. The van der Waals surface area contributed by atoms with Gasteiger partial charge in [0.2, 0.25) is 0 Å². The number of ketones is 1. The van der Waals surface area contributed by atoms with Crippen LogP contribution in [-0.2, 0) is 11.2 Å². The van der Waals surface area contributed by atoms with Crippen LogP contribution in [0.1, 0.15) is 31.2 Å². The molecule has 0 aliphatic heterocycles. The van der Waals surface area contributed by atoms with E-state index in [1.54, 1.807) is 11.3 Å². The van der Waals surface area contributed by atoms with Crippen LogP contribution in [0.2, 0.25) is 0 Å². The largest absolute Gasteiger partial charge is 0.328 e. The van der Waals surface area contributed by atoms with Gasteiger partial charge in [0.05, 0.1) is 0 Å². The van der Waals surface area contributed by atoms with Gasteiger partial charge in [-0.3, -0.25) is 4.79 Å².